The van der Waals surface area contributed by atoms with E-state index in [-0.39, 0.29) is 39.8 Å². The monoisotopic (exact) mass is 540 g/mol. The van der Waals surface area contributed by atoms with Crippen LogP contribution in [0.2, 0.25) is 0 Å². The number of rotatable bonds is 8. The number of hydrogen-bond acceptors (Lipinski definition) is 8. The van der Waals surface area contributed by atoms with E-state index in [9.17, 15) is 19.6 Å². The molecular weight excluding hydrogens is 508 g/mol. The van der Waals surface area contributed by atoms with Crippen molar-refractivity contribution in [2.75, 3.05) is 25.7 Å². The summed E-state index contributed by atoms with van der Waals surface area (Å²) in [6.07, 6.45) is 7.41. The lowest BCUT2D eigenvalue weighted by molar-refractivity contribution is -0.139. The molecule has 9 heteroatoms. The number of benzene rings is 2. The van der Waals surface area contributed by atoms with Crippen molar-refractivity contribution in [3.05, 3.63) is 100 Å². The quantitative estimate of drug-likeness (QED) is 0.376. The fraction of sp³-hybridized carbons (Fsp3) is 0.290. The van der Waals surface area contributed by atoms with E-state index in [1.807, 2.05) is 0 Å². The molecule has 1 amide bonds. The summed E-state index contributed by atoms with van der Waals surface area (Å²) in [6, 6.07) is 17.4. The molecule has 206 valence electrons. The van der Waals surface area contributed by atoms with Crippen LogP contribution in [0.25, 0.3) is 0 Å². The van der Waals surface area contributed by atoms with E-state index >= 15 is 0 Å². The molecule has 0 fully saturated rings. The van der Waals surface area contributed by atoms with E-state index in [0.29, 0.717) is 12.1 Å². The molecule has 1 atom stereocenters. The first-order chi connectivity index (χ1) is 19.4. The molecule has 1 unspecified atom stereocenters. The summed E-state index contributed by atoms with van der Waals surface area (Å²) in [6.45, 7) is 0.441. The molecule has 1 heterocycles. The summed E-state index contributed by atoms with van der Waals surface area (Å²) < 4.78 is 10.2. The zero-order valence-corrected chi connectivity index (χ0v) is 22.6. The molecule has 1 aliphatic carbocycles. The van der Waals surface area contributed by atoms with E-state index in [1.165, 1.54) is 31.1 Å². The molecule has 0 bridgehead atoms. The standard InChI is InChI=1S/C31H32N4O5/c1-39-30(37)26-25(21-13-7-4-8-14-21)23(19-32)28(33)35(27(26)31(38)40-2)24-16-10-9-15-22(24)29(36)34-18-17-20-11-5-3-6-12-20/h4,7-11,13-16,25H,3,5-6,12,17-18,33H2,1-2H3,(H,34,36). The Morgan fingerprint density at radius 2 is 1.73 bits per heavy atom. The first-order valence-electron chi connectivity index (χ1n) is 13.1. The zero-order valence-electron chi connectivity index (χ0n) is 22.6. The highest BCUT2D eigenvalue weighted by Crippen LogP contribution is 2.43. The topological polar surface area (TPSA) is 135 Å². The summed E-state index contributed by atoms with van der Waals surface area (Å²) >= 11 is 0. The number of carbonyl (C=O) groups is 3. The second-order valence-corrected chi connectivity index (χ2v) is 9.47. The number of allylic oxidation sites excluding steroid dienone is 2. The van der Waals surface area contributed by atoms with Crippen molar-refractivity contribution in [2.45, 2.75) is 38.0 Å². The number of methoxy groups -OCH3 is 2. The SMILES string of the molecule is COC(=O)C1=C(C(=O)OC)N(c2ccccc2C(=O)NCCC2=CCCCC2)C(N)=C(C#N)C1c1ccccc1. The van der Waals surface area contributed by atoms with Gasteiger partial charge in [0, 0.05) is 6.54 Å². The van der Waals surface area contributed by atoms with Crippen LogP contribution < -0.4 is 16.0 Å². The van der Waals surface area contributed by atoms with Crippen LogP contribution in [0.1, 0.15) is 53.9 Å². The maximum atomic E-state index is 13.4. The molecule has 0 spiro atoms. The minimum atomic E-state index is -0.992. The van der Waals surface area contributed by atoms with Gasteiger partial charge >= 0.3 is 11.9 Å². The molecule has 0 aromatic heterocycles. The second-order valence-electron chi connectivity index (χ2n) is 9.47. The van der Waals surface area contributed by atoms with Crippen molar-refractivity contribution in [1.82, 2.24) is 5.32 Å². The van der Waals surface area contributed by atoms with Gasteiger partial charge in [-0.1, -0.05) is 54.1 Å². The Bertz CT molecular complexity index is 1440. The van der Waals surface area contributed by atoms with Gasteiger partial charge in [0.1, 0.15) is 11.5 Å². The lowest BCUT2D eigenvalue weighted by Gasteiger charge is -2.36. The van der Waals surface area contributed by atoms with E-state index in [0.717, 1.165) is 25.7 Å². The number of ether oxygens (including phenoxy) is 2. The molecule has 4 rings (SSSR count). The summed E-state index contributed by atoms with van der Waals surface area (Å²) in [5, 5.41) is 13.2. The van der Waals surface area contributed by atoms with Gasteiger partial charge in [-0.3, -0.25) is 9.69 Å². The van der Waals surface area contributed by atoms with Crippen molar-refractivity contribution < 1.29 is 23.9 Å². The van der Waals surface area contributed by atoms with Crippen LogP contribution in [-0.4, -0.2) is 38.6 Å². The number of esters is 2. The molecule has 0 radical (unpaired) electrons. The summed E-state index contributed by atoms with van der Waals surface area (Å²) in [5.41, 5.74) is 8.59. The van der Waals surface area contributed by atoms with Crippen LogP contribution in [0.15, 0.2) is 88.9 Å². The number of amides is 1. The van der Waals surface area contributed by atoms with E-state index in [1.54, 1.807) is 54.6 Å². The molecule has 9 nitrogen and oxygen atoms in total. The lowest BCUT2D eigenvalue weighted by atomic mass is 9.80. The fourth-order valence-corrected chi connectivity index (χ4v) is 5.19. The van der Waals surface area contributed by atoms with Crippen molar-refractivity contribution in [3.63, 3.8) is 0 Å². The fourth-order valence-electron chi connectivity index (χ4n) is 5.19. The summed E-state index contributed by atoms with van der Waals surface area (Å²) in [4.78, 5) is 41.2. The minimum absolute atomic E-state index is 0.0266. The Kier molecular flexibility index (Phi) is 9.02. The van der Waals surface area contributed by atoms with Crippen LogP contribution in [0.4, 0.5) is 5.69 Å². The first kappa shape index (κ1) is 28.2. The molecular formula is C31H32N4O5. The Hall–Kier alpha value is -4.84. The predicted molar refractivity (Wildman–Crippen MR) is 149 cm³/mol. The number of nitriles is 1. The third-order valence-electron chi connectivity index (χ3n) is 7.12. The van der Waals surface area contributed by atoms with Gasteiger partial charge in [-0.15, -0.1) is 0 Å². The number of nitrogens with two attached hydrogens (primary N) is 1. The number of hydrogen-bond donors (Lipinski definition) is 2. The van der Waals surface area contributed by atoms with Crippen molar-refractivity contribution in [1.29, 1.82) is 5.26 Å². The van der Waals surface area contributed by atoms with E-state index < -0.39 is 17.9 Å². The third kappa shape index (κ3) is 5.61. The lowest BCUT2D eigenvalue weighted by Crippen LogP contribution is -2.41. The largest absolute Gasteiger partial charge is 0.466 e. The Balaban J connectivity index is 1.83. The molecule has 3 N–H and O–H groups in total. The number of nitrogens with one attached hydrogen (secondary N) is 1. The van der Waals surface area contributed by atoms with Gasteiger partial charge in [-0.05, 0) is 49.8 Å². The Morgan fingerprint density at radius 3 is 2.38 bits per heavy atom. The Labute approximate surface area is 233 Å². The van der Waals surface area contributed by atoms with Crippen LogP contribution in [0.3, 0.4) is 0 Å². The molecule has 1 aliphatic heterocycles. The van der Waals surface area contributed by atoms with Crippen LogP contribution in [0.5, 0.6) is 0 Å². The van der Waals surface area contributed by atoms with Crippen LogP contribution in [-0.2, 0) is 19.1 Å². The summed E-state index contributed by atoms with van der Waals surface area (Å²) in [5.74, 6) is -3.18. The van der Waals surface area contributed by atoms with Crippen molar-refractivity contribution in [3.8, 4) is 6.07 Å². The molecule has 40 heavy (non-hydrogen) atoms. The number of anilines is 1. The van der Waals surface area contributed by atoms with Crippen molar-refractivity contribution in [2.24, 2.45) is 5.73 Å². The molecule has 2 aromatic rings. The van der Waals surface area contributed by atoms with Gasteiger partial charge < -0.3 is 20.5 Å². The average molecular weight is 541 g/mol. The zero-order chi connectivity index (χ0) is 28.6. The highest BCUT2D eigenvalue weighted by Gasteiger charge is 2.43. The normalized spacial score (nSPS) is 17.1. The van der Waals surface area contributed by atoms with E-state index in [4.69, 9.17) is 15.2 Å². The Morgan fingerprint density at radius 1 is 1.02 bits per heavy atom. The van der Waals surface area contributed by atoms with Crippen molar-refractivity contribution >= 4 is 23.5 Å². The minimum Gasteiger partial charge on any atom is -0.466 e. The molecule has 2 aliphatic rings. The maximum absolute atomic E-state index is 13.4. The van der Waals surface area contributed by atoms with Gasteiger partial charge in [0.25, 0.3) is 5.91 Å². The highest BCUT2D eigenvalue weighted by molar-refractivity contribution is 6.08. The number of para-hydroxylation sites is 1. The van der Waals surface area contributed by atoms with E-state index in [2.05, 4.69) is 17.5 Å². The summed E-state index contributed by atoms with van der Waals surface area (Å²) in [7, 11) is 2.37. The third-order valence-corrected chi connectivity index (χ3v) is 7.12. The van der Waals surface area contributed by atoms with Gasteiger partial charge in [0.2, 0.25) is 0 Å². The number of carbonyl (C=O) groups excluding carboxylic acids is 3. The maximum Gasteiger partial charge on any atom is 0.355 e. The molecule has 0 saturated carbocycles. The second kappa shape index (κ2) is 12.8. The molecule has 2 aromatic carbocycles. The van der Waals surface area contributed by atoms with Gasteiger partial charge in [0.05, 0.1) is 48.6 Å². The van der Waals surface area contributed by atoms with Gasteiger partial charge in [-0.25, -0.2) is 9.59 Å². The smallest absolute Gasteiger partial charge is 0.355 e. The first-order valence-corrected chi connectivity index (χ1v) is 13.1. The number of nitrogens with zero attached hydrogens (tertiary/aromatic N) is 2. The van der Waals surface area contributed by atoms with Gasteiger partial charge in [-0.2, -0.15) is 5.26 Å². The predicted octanol–water partition coefficient (Wildman–Crippen LogP) is 4.20. The van der Waals surface area contributed by atoms with Crippen LogP contribution in [0, 0.1) is 11.3 Å². The highest BCUT2D eigenvalue weighted by atomic mass is 16.5. The van der Waals surface area contributed by atoms with Gasteiger partial charge in [0.15, 0.2) is 0 Å². The van der Waals surface area contributed by atoms with Crippen LogP contribution >= 0.6 is 0 Å². The average Bonchev–Trinajstić information content (AvgIpc) is 3.00. The molecule has 0 saturated heterocycles.